The molecular weight excluding hydrogens is 386 g/mol. The third-order valence-corrected chi connectivity index (χ3v) is 5.68. The summed E-state index contributed by atoms with van der Waals surface area (Å²) >= 11 is 0. The second kappa shape index (κ2) is 8.61. The number of likely N-dealkylation sites (N-methyl/N-ethyl adjacent to an activating group) is 1. The predicted octanol–water partition coefficient (Wildman–Crippen LogP) is 3.11. The summed E-state index contributed by atoms with van der Waals surface area (Å²) in [6, 6.07) is 14.3. The standard InChI is InChI=1S/C22H25N3O5/c1-23(14-17-15-29-20-8-4-5-9-21(20)30-17)22(26)16-10-12-24(13-11-16)18-6-2-3-7-19(18)25(27)28/h2-9,16-17H,10-15H2,1H3. The van der Waals surface area contributed by atoms with Gasteiger partial charge in [-0.2, -0.15) is 0 Å². The van der Waals surface area contributed by atoms with E-state index in [-0.39, 0.29) is 28.5 Å². The van der Waals surface area contributed by atoms with Crippen LogP contribution in [0.15, 0.2) is 48.5 Å². The Labute approximate surface area is 175 Å². The minimum atomic E-state index is -0.356. The first-order valence-electron chi connectivity index (χ1n) is 10.1. The van der Waals surface area contributed by atoms with Gasteiger partial charge in [-0.1, -0.05) is 24.3 Å². The van der Waals surface area contributed by atoms with Crippen molar-refractivity contribution in [2.24, 2.45) is 5.92 Å². The van der Waals surface area contributed by atoms with Crippen molar-refractivity contribution in [2.45, 2.75) is 18.9 Å². The van der Waals surface area contributed by atoms with Crippen LogP contribution in [0.25, 0.3) is 0 Å². The SMILES string of the molecule is CN(CC1COc2ccccc2O1)C(=O)C1CCN(c2ccccc2[N+](=O)[O-])CC1. The number of hydrogen-bond acceptors (Lipinski definition) is 6. The molecule has 2 aliphatic heterocycles. The van der Waals surface area contributed by atoms with Crippen molar-refractivity contribution in [1.29, 1.82) is 0 Å². The first-order chi connectivity index (χ1) is 14.5. The molecule has 158 valence electrons. The van der Waals surface area contributed by atoms with E-state index >= 15 is 0 Å². The van der Waals surface area contributed by atoms with Crippen LogP contribution >= 0.6 is 0 Å². The topological polar surface area (TPSA) is 85.2 Å². The molecule has 2 aliphatic rings. The van der Waals surface area contributed by atoms with Crippen LogP contribution < -0.4 is 14.4 Å². The van der Waals surface area contributed by atoms with E-state index in [1.54, 1.807) is 30.1 Å². The van der Waals surface area contributed by atoms with Gasteiger partial charge in [0.2, 0.25) is 5.91 Å². The maximum Gasteiger partial charge on any atom is 0.292 e. The summed E-state index contributed by atoms with van der Waals surface area (Å²) in [6.45, 7) is 2.10. The third kappa shape index (κ3) is 4.17. The highest BCUT2D eigenvalue weighted by molar-refractivity contribution is 5.79. The number of anilines is 1. The van der Waals surface area contributed by atoms with E-state index in [2.05, 4.69) is 0 Å². The number of nitrogens with zero attached hydrogens (tertiary/aromatic N) is 3. The quantitative estimate of drug-likeness (QED) is 0.555. The predicted molar refractivity (Wildman–Crippen MR) is 112 cm³/mol. The van der Waals surface area contributed by atoms with Crippen molar-refractivity contribution in [1.82, 2.24) is 4.90 Å². The molecule has 0 N–H and O–H groups in total. The second-order valence-electron chi connectivity index (χ2n) is 7.72. The molecule has 2 aromatic carbocycles. The van der Waals surface area contributed by atoms with Gasteiger partial charge in [0.25, 0.3) is 5.69 Å². The van der Waals surface area contributed by atoms with E-state index in [4.69, 9.17) is 9.47 Å². The molecule has 2 aromatic rings. The molecule has 8 heteroatoms. The third-order valence-electron chi connectivity index (χ3n) is 5.68. The van der Waals surface area contributed by atoms with Crippen molar-refractivity contribution in [2.75, 3.05) is 38.2 Å². The molecule has 1 saturated heterocycles. The van der Waals surface area contributed by atoms with Gasteiger partial charge in [0, 0.05) is 32.1 Å². The second-order valence-corrected chi connectivity index (χ2v) is 7.72. The molecule has 4 rings (SSSR count). The summed E-state index contributed by atoms with van der Waals surface area (Å²) in [5.41, 5.74) is 0.724. The first kappa shape index (κ1) is 20.0. The van der Waals surface area contributed by atoms with Crippen LogP contribution in [0.4, 0.5) is 11.4 Å². The lowest BCUT2D eigenvalue weighted by atomic mass is 9.94. The van der Waals surface area contributed by atoms with Crippen molar-refractivity contribution >= 4 is 17.3 Å². The number of carbonyl (C=O) groups excluding carboxylic acids is 1. The molecule has 1 unspecified atom stereocenters. The Morgan fingerprint density at radius 1 is 1.13 bits per heavy atom. The number of nitro groups is 1. The van der Waals surface area contributed by atoms with Crippen LogP contribution in [-0.2, 0) is 4.79 Å². The lowest BCUT2D eigenvalue weighted by Gasteiger charge is -2.35. The zero-order valence-corrected chi connectivity index (χ0v) is 16.9. The smallest absolute Gasteiger partial charge is 0.292 e. The maximum atomic E-state index is 12.9. The van der Waals surface area contributed by atoms with Crippen molar-refractivity contribution in [3.63, 3.8) is 0 Å². The number of hydrogen-bond donors (Lipinski definition) is 0. The minimum absolute atomic E-state index is 0.0830. The van der Waals surface area contributed by atoms with E-state index in [9.17, 15) is 14.9 Å². The highest BCUT2D eigenvalue weighted by Gasteiger charge is 2.31. The fourth-order valence-corrected chi connectivity index (χ4v) is 4.11. The summed E-state index contributed by atoms with van der Waals surface area (Å²) in [5, 5.41) is 11.3. The Morgan fingerprint density at radius 2 is 1.80 bits per heavy atom. The van der Waals surface area contributed by atoms with Gasteiger partial charge in [0.05, 0.1) is 11.5 Å². The van der Waals surface area contributed by atoms with E-state index in [1.165, 1.54) is 6.07 Å². The summed E-state index contributed by atoms with van der Waals surface area (Å²) < 4.78 is 11.7. The molecule has 0 saturated carbocycles. The Hall–Kier alpha value is -3.29. The molecule has 0 spiro atoms. The number of piperidine rings is 1. The molecular formula is C22H25N3O5. The number of benzene rings is 2. The van der Waals surface area contributed by atoms with E-state index < -0.39 is 0 Å². The fourth-order valence-electron chi connectivity index (χ4n) is 4.11. The average Bonchev–Trinajstić information content (AvgIpc) is 2.78. The normalized spacial score (nSPS) is 18.7. The zero-order valence-electron chi connectivity index (χ0n) is 16.9. The number of rotatable bonds is 5. The molecule has 8 nitrogen and oxygen atoms in total. The first-order valence-corrected chi connectivity index (χ1v) is 10.1. The van der Waals surface area contributed by atoms with Crippen molar-refractivity contribution in [3.05, 3.63) is 58.6 Å². The number of carbonyl (C=O) groups is 1. The number of ether oxygens (including phenoxy) is 2. The van der Waals surface area contributed by atoms with E-state index in [0.717, 1.165) is 5.75 Å². The number of amides is 1. The molecule has 2 heterocycles. The molecule has 0 aliphatic carbocycles. The molecule has 1 fully saturated rings. The zero-order chi connectivity index (χ0) is 21.1. The summed E-state index contributed by atoms with van der Waals surface area (Å²) in [7, 11) is 1.79. The van der Waals surface area contributed by atoms with Gasteiger partial charge in [0.15, 0.2) is 17.6 Å². The van der Waals surface area contributed by atoms with Gasteiger partial charge in [-0.15, -0.1) is 0 Å². The van der Waals surface area contributed by atoms with Gasteiger partial charge < -0.3 is 19.3 Å². The molecule has 30 heavy (non-hydrogen) atoms. The van der Waals surface area contributed by atoms with Gasteiger partial charge >= 0.3 is 0 Å². The minimum Gasteiger partial charge on any atom is -0.486 e. The molecule has 0 bridgehead atoms. The van der Waals surface area contributed by atoms with Gasteiger partial charge in [-0.05, 0) is 31.0 Å². The fraction of sp³-hybridized carbons (Fsp3) is 0.409. The van der Waals surface area contributed by atoms with Gasteiger partial charge in [-0.3, -0.25) is 14.9 Å². The van der Waals surface area contributed by atoms with Crippen LogP contribution in [0.1, 0.15) is 12.8 Å². The lowest BCUT2D eigenvalue weighted by molar-refractivity contribution is -0.384. The lowest BCUT2D eigenvalue weighted by Crippen LogP contribution is -2.46. The monoisotopic (exact) mass is 411 g/mol. The van der Waals surface area contributed by atoms with Crippen LogP contribution in [0.3, 0.4) is 0 Å². The summed E-state index contributed by atoms with van der Waals surface area (Å²) in [6.07, 6.45) is 1.13. The Kier molecular flexibility index (Phi) is 5.74. The average molecular weight is 411 g/mol. The highest BCUT2D eigenvalue weighted by Crippen LogP contribution is 2.33. The number of fused-ring (bicyclic) bond motifs is 1. The van der Waals surface area contributed by atoms with Crippen molar-refractivity contribution < 1.29 is 19.2 Å². The highest BCUT2D eigenvalue weighted by atomic mass is 16.6. The summed E-state index contributed by atoms with van der Waals surface area (Å²) in [4.78, 5) is 27.6. The van der Waals surface area contributed by atoms with Gasteiger partial charge in [-0.25, -0.2) is 0 Å². The molecule has 0 radical (unpaired) electrons. The van der Waals surface area contributed by atoms with Crippen LogP contribution in [0, 0.1) is 16.0 Å². The Morgan fingerprint density at radius 3 is 2.53 bits per heavy atom. The molecule has 1 amide bonds. The van der Waals surface area contributed by atoms with E-state index in [1.807, 2.05) is 29.2 Å². The van der Waals surface area contributed by atoms with Crippen LogP contribution in [0.2, 0.25) is 0 Å². The Bertz CT molecular complexity index is 926. The molecule has 0 aromatic heterocycles. The molecule has 1 atom stereocenters. The van der Waals surface area contributed by atoms with E-state index in [0.29, 0.717) is 50.5 Å². The number of nitro benzene ring substituents is 1. The number of para-hydroxylation sites is 4. The maximum absolute atomic E-state index is 12.9. The van der Waals surface area contributed by atoms with Crippen molar-refractivity contribution in [3.8, 4) is 11.5 Å². The summed E-state index contributed by atoms with van der Waals surface area (Å²) in [5.74, 6) is 1.42. The van der Waals surface area contributed by atoms with Gasteiger partial charge in [0.1, 0.15) is 12.3 Å². The van der Waals surface area contributed by atoms with Crippen LogP contribution in [0.5, 0.6) is 11.5 Å². The Balaban J connectivity index is 1.32. The van der Waals surface area contributed by atoms with Crippen LogP contribution in [-0.4, -0.2) is 55.1 Å². The largest absolute Gasteiger partial charge is 0.486 e.